The lowest BCUT2D eigenvalue weighted by atomic mass is 10.1. The third-order valence-electron chi connectivity index (χ3n) is 2.56. The number of rotatable bonds is 2. The molecule has 2 N–H and O–H groups in total. The molecule has 0 aromatic carbocycles. The molecule has 2 aliphatic rings. The number of hydrogen-bond acceptors (Lipinski definition) is 2. The lowest BCUT2D eigenvalue weighted by Gasteiger charge is -2.36. The molecule has 0 bridgehead atoms. The summed E-state index contributed by atoms with van der Waals surface area (Å²) in [6, 6.07) is -0.363. The second-order valence-corrected chi connectivity index (χ2v) is 3.70. The molecule has 1 aliphatic carbocycles. The van der Waals surface area contributed by atoms with Gasteiger partial charge in [-0.3, -0.25) is 4.79 Å². The van der Waals surface area contributed by atoms with E-state index in [9.17, 15) is 9.18 Å². The van der Waals surface area contributed by atoms with E-state index < -0.39 is 6.17 Å². The van der Waals surface area contributed by atoms with Gasteiger partial charge in [-0.1, -0.05) is 0 Å². The number of carbonyl (C=O) groups excluding carboxylic acids is 1. The van der Waals surface area contributed by atoms with E-state index >= 15 is 0 Å². The first-order valence-corrected chi connectivity index (χ1v) is 4.37. The van der Waals surface area contributed by atoms with Crippen LogP contribution in [0.4, 0.5) is 4.39 Å². The van der Waals surface area contributed by atoms with Crippen molar-refractivity contribution in [1.29, 1.82) is 0 Å². The second-order valence-electron chi connectivity index (χ2n) is 3.70. The molecular formula is C8H13FN2O. The van der Waals surface area contributed by atoms with Crippen molar-refractivity contribution in [3.05, 3.63) is 0 Å². The summed E-state index contributed by atoms with van der Waals surface area (Å²) in [7, 11) is 0. The van der Waals surface area contributed by atoms with Gasteiger partial charge in [0.2, 0.25) is 5.91 Å². The molecule has 3 nitrogen and oxygen atoms in total. The summed E-state index contributed by atoms with van der Waals surface area (Å²) >= 11 is 0. The first-order valence-electron chi connectivity index (χ1n) is 4.37. The van der Waals surface area contributed by atoms with Crippen molar-refractivity contribution in [2.75, 3.05) is 13.1 Å². The van der Waals surface area contributed by atoms with Crippen LogP contribution in [0.1, 0.15) is 12.8 Å². The molecule has 1 unspecified atom stereocenters. The number of likely N-dealkylation sites (tertiary alicyclic amines) is 1. The third kappa shape index (κ3) is 1.31. The van der Waals surface area contributed by atoms with E-state index in [-0.39, 0.29) is 25.0 Å². The molecule has 1 amide bonds. The highest BCUT2D eigenvalue weighted by Gasteiger charge is 2.39. The highest BCUT2D eigenvalue weighted by atomic mass is 19.1. The van der Waals surface area contributed by atoms with E-state index in [1.165, 1.54) is 4.90 Å². The summed E-state index contributed by atoms with van der Waals surface area (Å²) in [6.45, 7) is 0.499. The van der Waals surface area contributed by atoms with Crippen LogP contribution in [-0.4, -0.2) is 36.1 Å². The Morgan fingerprint density at radius 3 is 2.50 bits per heavy atom. The fourth-order valence-corrected chi connectivity index (χ4v) is 1.47. The molecule has 1 atom stereocenters. The van der Waals surface area contributed by atoms with Crippen LogP contribution in [0.25, 0.3) is 0 Å². The van der Waals surface area contributed by atoms with Crippen LogP contribution in [0, 0.1) is 5.92 Å². The maximum Gasteiger partial charge on any atom is 0.239 e. The summed E-state index contributed by atoms with van der Waals surface area (Å²) in [6.07, 6.45) is 1.29. The van der Waals surface area contributed by atoms with E-state index in [4.69, 9.17) is 5.73 Å². The standard InChI is InChI=1S/C8H13FN2O/c9-6-3-11(4-6)8(12)7(10)5-1-2-5/h5-7H,1-4,10H2. The van der Waals surface area contributed by atoms with Crippen molar-refractivity contribution in [3.63, 3.8) is 0 Å². The van der Waals surface area contributed by atoms with Gasteiger partial charge in [-0.15, -0.1) is 0 Å². The Morgan fingerprint density at radius 2 is 2.08 bits per heavy atom. The highest BCUT2D eigenvalue weighted by molar-refractivity contribution is 5.83. The summed E-state index contributed by atoms with van der Waals surface area (Å²) in [5.41, 5.74) is 5.66. The van der Waals surface area contributed by atoms with Crippen LogP contribution in [0.15, 0.2) is 0 Å². The van der Waals surface area contributed by atoms with Crippen molar-refractivity contribution < 1.29 is 9.18 Å². The minimum Gasteiger partial charge on any atom is -0.335 e. The molecule has 2 fully saturated rings. The van der Waals surface area contributed by atoms with Gasteiger partial charge in [0, 0.05) is 0 Å². The van der Waals surface area contributed by atoms with E-state index in [2.05, 4.69) is 0 Å². The Balaban J connectivity index is 1.83. The van der Waals surface area contributed by atoms with Crippen molar-refractivity contribution in [2.45, 2.75) is 25.1 Å². The number of hydrogen-bond donors (Lipinski definition) is 1. The van der Waals surface area contributed by atoms with Gasteiger partial charge in [0.15, 0.2) is 0 Å². The van der Waals surface area contributed by atoms with Gasteiger partial charge >= 0.3 is 0 Å². The Kier molecular flexibility index (Phi) is 1.79. The van der Waals surface area contributed by atoms with Crippen LogP contribution in [0.2, 0.25) is 0 Å². The Labute approximate surface area is 70.7 Å². The summed E-state index contributed by atoms with van der Waals surface area (Å²) in [4.78, 5) is 12.9. The maximum absolute atomic E-state index is 12.4. The van der Waals surface area contributed by atoms with E-state index in [0.29, 0.717) is 5.92 Å². The van der Waals surface area contributed by atoms with Gasteiger partial charge in [0.1, 0.15) is 6.17 Å². The molecule has 0 aromatic rings. The smallest absolute Gasteiger partial charge is 0.239 e. The van der Waals surface area contributed by atoms with Crippen LogP contribution < -0.4 is 5.73 Å². The molecule has 1 saturated carbocycles. The van der Waals surface area contributed by atoms with Gasteiger partial charge in [0.05, 0.1) is 19.1 Å². The van der Waals surface area contributed by atoms with E-state index in [0.717, 1.165) is 12.8 Å². The monoisotopic (exact) mass is 172 g/mol. The lowest BCUT2D eigenvalue weighted by molar-refractivity contribution is -0.140. The van der Waals surface area contributed by atoms with Crippen molar-refractivity contribution in [3.8, 4) is 0 Å². The quantitative estimate of drug-likeness (QED) is 0.632. The summed E-state index contributed by atoms with van der Waals surface area (Å²) in [5.74, 6) is 0.308. The highest BCUT2D eigenvalue weighted by Crippen LogP contribution is 2.32. The number of nitrogens with zero attached hydrogens (tertiary/aromatic N) is 1. The topological polar surface area (TPSA) is 46.3 Å². The Hall–Kier alpha value is -0.640. The zero-order chi connectivity index (χ0) is 8.72. The van der Waals surface area contributed by atoms with Crippen LogP contribution in [0.3, 0.4) is 0 Å². The summed E-state index contributed by atoms with van der Waals surface area (Å²) in [5, 5.41) is 0. The van der Waals surface area contributed by atoms with Crippen molar-refractivity contribution >= 4 is 5.91 Å². The van der Waals surface area contributed by atoms with Crippen LogP contribution in [-0.2, 0) is 4.79 Å². The molecule has 68 valence electrons. The van der Waals surface area contributed by atoms with E-state index in [1.54, 1.807) is 0 Å². The van der Waals surface area contributed by atoms with Gasteiger partial charge in [-0.05, 0) is 18.8 Å². The lowest BCUT2D eigenvalue weighted by Crippen LogP contribution is -2.56. The first-order chi connectivity index (χ1) is 5.68. The third-order valence-corrected chi connectivity index (χ3v) is 2.56. The molecule has 0 spiro atoms. The number of alkyl halides is 1. The molecule has 1 aliphatic heterocycles. The van der Waals surface area contributed by atoms with Gasteiger partial charge < -0.3 is 10.6 Å². The maximum atomic E-state index is 12.4. The zero-order valence-electron chi connectivity index (χ0n) is 6.87. The largest absolute Gasteiger partial charge is 0.335 e. The number of halogens is 1. The van der Waals surface area contributed by atoms with Crippen molar-refractivity contribution in [1.82, 2.24) is 4.90 Å². The number of carbonyl (C=O) groups is 1. The zero-order valence-corrected chi connectivity index (χ0v) is 6.87. The predicted molar refractivity (Wildman–Crippen MR) is 42.2 cm³/mol. The van der Waals surface area contributed by atoms with Crippen molar-refractivity contribution in [2.24, 2.45) is 11.7 Å². The molecule has 1 heterocycles. The molecule has 12 heavy (non-hydrogen) atoms. The molecular weight excluding hydrogens is 159 g/mol. The van der Waals surface area contributed by atoms with Crippen LogP contribution >= 0.6 is 0 Å². The average Bonchev–Trinajstić information content (AvgIpc) is 2.78. The minimum absolute atomic E-state index is 0.0635. The average molecular weight is 172 g/mol. The minimum atomic E-state index is -0.819. The fourth-order valence-electron chi connectivity index (χ4n) is 1.47. The number of nitrogens with two attached hydrogens (primary N) is 1. The Morgan fingerprint density at radius 1 is 1.50 bits per heavy atom. The molecule has 1 saturated heterocycles. The predicted octanol–water partition coefficient (Wildman–Crippen LogP) is -0.0960. The normalized spacial score (nSPS) is 26.7. The van der Waals surface area contributed by atoms with Crippen LogP contribution in [0.5, 0.6) is 0 Å². The van der Waals surface area contributed by atoms with Gasteiger partial charge in [-0.25, -0.2) is 4.39 Å². The SMILES string of the molecule is NC(C(=O)N1CC(F)C1)C1CC1. The Bertz CT molecular complexity index is 199. The summed E-state index contributed by atoms with van der Waals surface area (Å²) < 4.78 is 12.4. The van der Waals surface area contributed by atoms with E-state index in [1.807, 2.05) is 0 Å². The van der Waals surface area contributed by atoms with Gasteiger partial charge in [0.25, 0.3) is 0 Å². The van der Waals surface area contributed by atoms with Gasteiger partial charge in [-0.2, -0.15) is 0 Å². The molecule has 2 rings (SSSR count). The molecule has 4 heteroatoms. The first kappa shape index (κ1) is 7.98. The number of amides is 1. The molecule has 0 aromatic heterocycles. The second kappa shape index (κ2) is 2.69. The molecule has 0 radical (unpaired) electrons. The fraction of sp³-hybridized carbons (Fsp3) is 0.875.